The van der Waals surface area contributed by atoms with Gasteiger partial charge in [0.05, 0.1) is 12.6 Å². The van der Waals surface area contributed by atoms with Crippen LogP contribution in [0, 0.1) is 11.8 Å². The highest BCUT2D eigenvalue weighted by Gasteiger charge is 2.43. The van der Waals surface area contributed by atoms with E-state index in [1.54, 1.807) is 13.3 Å². The first-order chi connectivity index (χ1) is 11.7. The van der Waals surface area contributed by atoms with Gasteiger partial charge >= 0.3 is 0 Å². The van der Waals surface area contributed by atoms with Crippen LogP contribution in [0.1, 0.15) is 37.9 Å². The fourth-order valence-electron chi connectivity index (χ4n) is 4.67. The van der Waals surface area contributed by atoms with Crippen LogP contribution in [0.15, 0.2) is 30.5 Å². The third-order valence-electron chi connectivity index (χ3n) is 6.08. The second-order valence-corrected chi connectivity index (χ2v) is 7.20. The van der Waals surface area contributed by atoms with Gasteiger partial charge in [0, 0.05) is 24.2 Å². The first-order valence-electron chi connectivity index (χ1n) is 9.02. The van der Waals surface area contributed by atoms with Crippen molar-refractivity contribution in [2.24, 2.45) is 11.8 Å². The molecule has 3 nitrogen and oxygen atoms in total. The number of rotatable bonds is 4. The molecule has 3 fully saturated rings. The zero-order valence-electron chi connectivity index (χ0n) is 15.2. The Morgan fingerprint density at radius 3 is 2.77 bits per heavy atom. The molecule has 2 bridgehead atoms. The molecule has 4 heterocycles. The number of fused-ring (bicyclic) bond motifs is 4. The minimum Gasteiger partial charge on any atom is -0.497 e. The van der Waals surface area contributed by atoms with E-state index in [1.165, 1.54) is 12.8 Å². The molecule has 5 atom stereocenters. The fraction of sp³-hybridized carbons (Fsp3) is 0.550. The first kappa shape index (κ1) is 21.2. The van der Waals surface area contributed by atoms with E-state index in [0.29, 0.717) is 5.92 Å². The van der Waals surface area contributed by atoms with E-state index < -0.39 is 6.17 Å². The van der Waals surface area contributed by atoms with E-state index in [-0.39, 0.29) is 30.9 Å². The maximum atomic E-state index is 15.6. The van der Waals surface area contributed by atoms with Crippen LogP contribution < -0.4 is 4.74 Å². The standard InChI is InChI=1S/C20H25FN2O.2ClH/c1-3-13-12-23-9-7-14(13)10-19(23)20(21)16-6-8-22-18-5-4-15(24-2)11-17(16)18;;/h4-6,8,11,13-14,19-20H,3,7,9-10,12H2,1-2H3;2*1H/t13-,14-,19-,20-;;/m0../s1. The normalized spacial score (nSPS) is 28.1. The highest BCUT2D eigenvalue weighted by molar-refractivity contribution is 5.85. The van der Waals surface area contributed by atoms with Gasteiger partial charge < -0.3 is 4.74 Å². The van der Waals surface area contributed by atoms with E-state index >= 15 is 4.39 Å². The Labute approximate surface area is 167 Å². The predicted octanol–water partition coefficient (Wildman–Crippen LogP) is 5.22. The maximum Gasteiger partial charge on any atom is 0.141 e. The number of nitrogens with zero attached hydrogens (tertiary/aromatic N) is 2. The molecule has 5 rings (SSSR count). The molecule has 0 radical (unpaired) electrons. The van der Waals surface area contributed by atoms with Crippen molar-refractivity contribution in [3.05, 3.63) is 36.0 Å². The SMILES string of the molecule is CC[C@H]1CN2CC[C@H]1C[C@H]2[C@@H](F)c1ccnc2ccc(OC)cc12.Cl.Cl. The highest BCUT2D eigenvalue weighted by Crippen LogP contribution is 2.44. The van der Waals surface area contributed by atoms with Gasteiger partial charge in [-0.05, 0) is 61.1 Å². The molecule has 1 aromatic carbocycles. The maximum absolute atomic E-state index is 15.6. The van der Waals surface area contributed by atoms with Gasteiger partial charge in [0.15, 0.2) is 0 Å². The Hall–Kier alpha value is -1.10. The molecule has 1 unspecified atom stereocenters. The lowest BCUT2D eigenvalue weighted by molar-refractivity contribution is -0.0332. The van der Waals surface area contributed by atoms with Crippen LogP contribution in [0.2, 0.25) is 0 Å². The molecule has 3 aliphatic rings. The van der Waals surface area contributed by atoms with E-state index in [9.17, 15) is 0 Å². The topological polar surface area (TPSA) is 25.4 Å². The van der Waals surface area contributed by atoms with E-state index in [4.69, 9.17) is 4.74 Å². The van der Waals surface area contributed by atoms with Crippen molar-refractivity contribution in [3.63, 3.8) is 0 Å². The number of benzene rings is 1. The molecule has 0 aliphatic carbocycles. The van der Waals surface area contributed by atoms with Crippen molar-refractivity contribution in [1.29, 1.82) is 0 Å². The van der Waals surface area contributed by atoms with Gasteiger partial charge in [0.1, 0.15) is 11.9 Å². The van der Waals surface area contributed by atoms with Crippen molar-refractivity contribution in [2.45, 2.75) is 38.4 Å². The largest absolute Gasteiger partial charge is 0.497 e. The summed E-state index contributed by atoms with van der Waals surface area (Å²) in [5.74, 6) is 2.18. The zero-order chi connectivity index (χ0) is 16.7. The van der Waals surface area contributed by atoms with Crippen LogP contribution in [0.3, 0.4) is 0 Å². The Morgan fingerprint density at radius 1 is 1.31 bits per heavy atom. The third kappa shape index (κ3) is 3.64. The number of hydrogen-bond acceptors (Lipinski definition) is 3. The van der Waals surface area contributed by atoms with Crippen LogP contribution in [0.4, 0.5) is 4.39 Å². The zero-order valence-corrected chi connectivity index (χ0v) is 16.9. The Bertz CT molecular complexity index is 745. The molecule has 0 N–H and O–H groups in total. The lowest BCUT2D eigenvalue weighted by Gasteiger charge is -2.50. The minimum atomic E-state index is -0.969. The molecule has 2 aromatic rings. The number of pyridine rings is 1. The number of alkyl halides is 1. The van der Waals surface area contributed by atoms with Crippen LogP contribution in [-0.4, -0.2) is 36.1 Å². The number of aromatic nitrogens is 1. The minimum absolute atomic E-state index is 0. The number of piperidine rings is 3. The molecule has 1 aromatic heterocycles. The van der Waals surface area contributed by atoms with Crippen molar-refractivity contribution in [3.8, 4) is 5.75 Å². The van der Waals surface area contributed by atoms with Gasteiger partial charge in [-0.25, -0.2) is 4.39 Å². The fourth-order valence-corrected chi connectivity index (χ4v) is 4.67. The molecular formula is C20H27Cl2FN2O. The highest BCUT2D eigenvalue weighted by atomic mass is 35.5. The van der Waals surface area contributed by atoms with Gasteiger partial charge in [-0.1, -0.05) is 13.3 Å². The summed E-state index contributed by atoms with van der Waals surface area (Å²) in [5, 5.41) is 0.874. The van der Waals surface area contributed by atoms with Crippen molar-refractivity contribution < 1.29 is 9.13 Å². The number of hydrogen-bond donors (Lipinski definition) is 0. The Balaban J connectivity index is 0.00000121. The van der Waals surface area contributed by atoms with Gasteiger partial charge in [0.2, 0.25) is 0 Å². The summed E-state index contributed by atoms with van der Waals surface area (Å²) in [6, 6.07) is 7.54. The van der Waals surface area contributed by atoms with Gasteiger partial charge in [0.25, 0.3) is 0 Å². The van der Waals surface area contributed by atoms with Crippen molar-refractivity contribution in [1.82, 2.24) is 9.88 Å². The first-order valence-corrected chi connectivity index (χ1v) is 9.02. The summed E-state index contributed by atoms with van der Waals surface area (Å²) in [4.78, 5) is 6.76. The second-order valence-electron chi connectivity index (χ2n) is 7.20. The van der Waals surface area contributed by atoms with E-state index in [2.05, 4.69) is 16.8 Å². The van der Waals surface area contributed by atoms with Crippen LogP contribution in [0.5, 0.6) is 5.75 Å². The quantitative estimate of drug-likeness (QED) is 0.703. The van der Waals surface area contributed by atoms with Crippen molar-refractivity contribution in [2.75, 3.05) is 20.2 Å². The smallest absolute Gasteiger partial charge is 0.141 e. The molecule has 6 heteroatoms. The lowest BCUT2D eigenvalue weighted by atomic mass is 9.73. The third-order valence-corrected chi connectivity index (χ3v) is 6.08. The van der Waals surface area contributed by atoms with E-state index in [1.807, 2.05) is 24.3 Å². The molecule has 3 saturated heterocycles. The van der Waals surface area contributed by atoms with Crippen molar-refractivity contribution >= 4 is 35.7 Å². The molecule has 3 aliphatic heterocycles. The average molecular weight is 401 g/mol. The average Bonchev–Trinajstić information content (AvgIpc) is 2.66. The molecule has 26 heavy (non-hydrogen) atoms. The summed E-state index contributed by atoms with van der Waals surface area (Å²) >= 11 is 0. The summed E-state index contributed by atoms with van der Waals surface area (Å²) < 4.78 is 20.9. The summed E-state index contributed by atoms with van der Waals surface area (Å²) in [5.41, 5.74) is 1.59. The summed E-state index contributed by atoms with van der Waals surface area (Å²) in [7, 11) is 1.64. The van der Waals surface area contributed by atoms with Crippen LogP contribution in [0.25, 0.3) is 10.9 Å². The predicted molar refractivity (Wildman–Crippen MR) is 109 cm³/mol. The van der Waals surface area contributed by atoms with Crippen LogP contribution in [-0.2, 0) is 0 Å². The Kier molecular flexibility index (Phi) is 7.12. The molecular weight excluding hydrogens is 374 g/mol. The van der Waals surface area contributed by atoms with Gasteiger partial charge in [-0.15, -0.1) is 24.8 Å². The number of halogens is 3. The summed E-state index contributed by atoms with van der Waals surface area (Å²) in [6.45, 7) is 4.36. The molecule has 144 valence electrons. The van der Waals surface area contributed by atoms with E-state index in [0.717, 1.165) is 47.6 Å². The second kappa shape index (κ2) is 8.73. The lowest BCUT2D eigenvalue weighted by Crippen LogP contribution is -2.54. The van der Waals surface area contributed by atoms with Gasteiger partial charge in [-0.3, -0.25) is 9.88 Å². The van der Waals surface area contributed by atoms with Gasteiger partial charge in [-0.2, -0.15) is 0 Å². The van der Waals surface area contributed by atoms with Crippen LogP contribution >= 0.6 is 24.8 Å². The summed E-state index contributed by atoms with van der Waals surface area (Å²) in [6.07, 6.45) is 4.17. The molecule has 0 amide bonds. The molecule has 0 spiro atoms. The number of ether oxygens (including phenoxy) is 1. The Morgan fingerprint density at radius 2 is 2.12 bits per heavy atom. The number of methoxy groups -OCH3 is 1. The molecule has 0 saturated carbocycles. The monoisotopic (exact) mass is 400 g/mol.